The number of hydrogen-bond donors (Lipinski definition) is 1. The summed E-state index contributed by atoms with van der Waals surface area (Å²) < 4.78 is 14.4. The van der Waals surface area contributed by atoms with E-state index in [2.05, 4.69) is 10.3 Å². The van der Waals surface area contributed by atoms with Crippen LogP contribution >= 0.6 is 11.3 Å². The number of anilines is 1. The molecular weight excluding hydrogens is 385 g/mol. The highest BCUT2D eigenvalue weighted by molar-refractivity contribution is 7.21. The van der Waals surface area contributed by atoms with Gasteiger partial charge in [-0.1, -0.05) is 36.4 Å². The standard InChI is InChI=1S/C23H20FN3OS/c1-27(2)21(15-10-12-17(24)13-11-15)22(28)25-18-7-5-6-16(14-18)23-26-19-8-3-4-9-20(19)29-23/h3-14,21H,1-2H3,(H,25,28)/t21-/m0/s1. The highest BCUT2D eigenvalue weighted by Gasteiger charge is 2.23. The fraction of sp³-hybridized carbons (Fsp3) is 0.130. The van der Waals surface area contributed by atoms with Crippen LogP contribution in [0.5, 0.6) is 0 Å². The van der Waals surface area contributed by atoms with Gasteiger partial charge in [0.2, 0.25) is 5.91 Å². The first-order chi connectivity index (χ1) is 14.0. The zero-order chi connectivity index (χ0) is 20.4. The van der Waals surface area contributed by atoms with Gasteiger partial charge in [0.05, 0.1) is 10.2 Å². The molecule has 146 valence electrons. The molecule has 0 bridgehead atoms. The zero-order valence-corrected chi connectivity index (χ0v) is 16.9. The molecule has 3 aromatic carbocycles. The van der Waals surface area contributed by atoms with Crippen LogP contribution in [0, 0.1) is 5.82 Å². The highest BCUT2D eigenvalue weighted by Crippen LogP contribution is 2.31. The second-order valence-electron chi connectivity index (χ2n) is 6.97. The van der Waals surface area contributed by atoms with Gasteiger partial charge < -0.3 is 5.32 Å². The Bertz CT molecular complexity index is 1120. The van der Waals surface area contributed by atoms with Crippen LogP contribution in [0.2, 0.25) is 0 Å². The summed E-state index contributed by atoms with van der Waals surface area (Å²) in [7, 11) is 3.65. The molecule has 1 amide bonds. The van der Waals surface area contributed by atoms with Crippen molar-refractivity contribution in [1.82, 2.24) is 9.88 Å². The Hall–Kier alpha value is -3.09. The van der Waals surface area contributed by atoms with Crippen molar-refractivity contribution in [2.45, 2.75) is 6.04 Å². The lowest BCUT2D eigenvalue weighted by atomic mass is 10.0. The second-order valence-corrected chi connectivity index (χ2v) is 8.01. The van der Waals surface area contributed by atoms with Crippen LogP contribution in [0.4, 0.5) is 10.1 Å². The average molecular weight is 405 g/mol. The number of aromatic nitrogens is 1. The van der Waals surface area contributed by atoms with E-state index < -0.39 is 6.04 Å². The van der Waals surface area contributed by atoms with E-state index in [4.69, 9.17) is 0 Å². The number of amides is 1. The Morgan fingerprint density at radius 3 is 2.52 bits per heavy atom. The van der Waals surface area contributed by atoms with Gasteiger partial charge in [0.25, 0.3) is 0 Å². The summed E-state index contributed by atoms with van der Waals surface area (Å²) in [5.41, 5.74) is 3.34. The molecule has 6 heteroatoms. The maximum Gasteiger partial charge on any atom is 0.246 e. The minimum Gasteiger partial charge on any atom is -0.324 e. The Morgan fingerprint density at radius 2 is 1.79 bits per heavy atom. The second kappa shape index (κ2) is 8.11. The number of likely N-dealkylation sites (N-methyl/N-ethyl adjacent to an activating group) is 1. The summed E-state index contributed by atoms with van der Waals surface area (Å²) in [4.78, 5) is 19.5. The lowest BCUT2D eigenvalue weighted by Gasteiger charge is -2.24. The van der Waals surface area contributed by atoms with Crippen molar-refractivity contribution < 1.29 is 9.18 Å². The fourth-order valence-corrected chi connectivity index (χ4v) is 4.23. The Morgan fingerprint density at radius 1 is 1.03 bits per heavy atom. The molecule has 4 nitrogen and oxygen atoms in total. The summed E-state index contributed by atoms with van der Waals surface area (Å²) >= 11 is 1.62. The van der Waals surface area contributed by atoms with Crippen molar-refractivity contribution >= 4 is 33.1 Å². The number of halogens is 1. The van der Waals surface area contributed by atoms with Crippen molar-refractivity contribution in [3.05, 3.63) is 84.2 Å². The number of rotatable bonds is 5. The number of thiazole rings is 1. The van der Waals surface area contributed by atoms with Crippen LogP contribution in [0.3, 0.4) is 0 Å². The fourth-order valence-electron chi connectivity index (χ4n) is 3.27. The molecule has 0 unspecified atom stereocenters. The van der Waals surface area contributed by atoms with E-state index >= 15 is 0 Å². The van der Waals surface area contributed by atoms with Crippen molar-refractivity contribution in [1.29, 1.82) is 0 Å². The van der Waals surface area contributed by atoms with Gasteiger partial charge >= 0.3 is 0 Å². The highest BCUT2D eigenvalue weighted by atomic mass is 32.1. The average Bonchev–Trinajstić information content (AvgIpc) is 3.14. The van der Waals surface area contributed by atoms with Gasteiger partial charge in [-0.2, -0.15) is 0 Å². The van der Waals surface area contributed by atoms with Gasteiger partial charge in [0.1, 0.15) is 16.9 Å². The van der Waals surface area contributed by atoms with Crippen molar-refractivity contribution in [3.63, 3.8) is 0 Å². The van der Waals surface area contributed by atoms with Gasteiger partial charge in [-0.25, -0.2) is 9.37 Å². The molecule has 0 aliphatic heterocycles. The van der Waals surface area contributed by atoms with E-state index in [1.807, 2.05) is 62.6 Å². The zero-order valence-electron chi connectivity index (χ0n) is 16.1. The summed E-state index contributed by atoms with van der Waals surface area (Å²) in [6, 6.07) is 21.2. The number of benzene rings is 3. The quantitative estimate of drug-likeness (QED) is 0.487. The number of nitrogens with one attached hydrogen (secondary N) is 1. The molecule has 1 N–H and O–H groups in total. The monoisotopic (exact) mass is 405 g/mol. The van der Waals surface area contributed by atoms with Gasteiger partial charge in [-0.05, 0) is 56.1 Å². The van der Waals surface area contributed by atoms with Crippen LogP contribution in [0.1, 0.15) is 11.6 Å². The third-order valence-electron chi connectivity index (χ3n) is 4.62. The third kappa shape index (κ3) is 4.18. The third-order valence-corrected chi connectivity index (χ3v) is 5.71. The minimum absolute atomic E-state index is 0.178. The first-order valence-corrected chi connectivity index (χ1v) is 10.0. The molecule has 1 atom stereocenters. The number of carbonyl (C=O) groups is 1. The van der Waals surface area contributed by atoms with E-state index in [-0.39, 0.29) is 11.7 Å². The predicted octanol–water partition coefficient (Wildman–Crippen LogP) is 5.34. The maximum atomic E-state index is 13.3. The van der Waals surface area contributed by atoms with Crippen LogP contribution in [-0.2, 0) is 4.79 Å². The van der Waals surface area contributed by atoms with E-state index in [9.17, 15) is 9.18 Å². The van der Waals surface area contributed by atoms with E-state index in [1.54, 1.807) is 28.4 Å². The van der Waals surface area contributed by atoms with Crippen LogP contribution < -0.4 is 5.32 Å². The topological polar surface area (TPSA) is 45.2 Å². The molecule has 0 radical (unpaired) electrons. The number of nitrogens with zero attached hydrogens (tertiary/aromatic N) is 2. The lowest BCUT2D eigenvalue weighted by molar-refractivity contribution is -0.120. The molecule has 29 heavy (non-hydrogen) atoms. The number of fused-ring (bicyclic) bond motifs is 1. The number of carbonyl (C=O) groups excluding carboxylic acids is 1. The molecule has 0 saturated heterocycles. The largest absolute Gasteiger partial charge is 0.324 e. The van der Waals surface area contributed by atoms with Crippen LogP contribution in [-0.4, -0.2) is 29.9 Å². The van der Waals surface area contributed by atoms with Gasteiger partial charge in [-0.15, -0.1) is 11.3 Å². The molecule has 0 aliphatic rings. The van der Waals surface area contributed by atoms with Gasteiger partial charge in [0, 0.05) is 11.3 Å². The summed E-state index contributed by atoms with van der Waals surface area (Å²) in [6.45, 7) is 0. The first-order valence-electron chi connectivity index (χ1n) is 9.20. The SMILES string of the molecule is CN(C)[C@H](C(=O)Nc1cccc(-c2nc3ccccc3s2)c1)c1ccc(F)cc1. The Kier molecular flexibility index (Phi) is 5.38. The van der Waals surface area contributed by atoms with Crippen LogP contribution in [0.25, 0.3) is 20.8 Å². The smallest absolute Gasteiger partial charge is 0.246 e. The minimum atomic E-state index is -0.526. The molecule has 0 saturated carbocycles. The molecule has 4 aromatic rings. The number of hydrogen-bond acceptors (Lipinski definition) is 4. The summed E-state index contributed by atoms with van der Waals surface area (Å²) in [5.74, 6) is -0.502. The molecule has 0 spiro atoms. The molecule has 0 aliphatic carbocycles. The van der Waals surface area contributed by atoms with Crippen LogP contribution in [0.15, 0.2) is 72.8 Å². The molecule has 1 aromatic heterocycles. The summed E-state index contributed by atoms with van der Waals surface area (Å²) in [5, 5.41) is 3.89. The molecular formula is C23H20FN3OS. The lowest BCUT2D eigenvalue weighted by Crippen LogP contribution is -2.32. The molecule has 1 heterocycles. The van der Waals surface area contributed by atoms with E-state index in [1.165, 1.54) is 12.1 Å². The van der Waals surface area contributed by atoms with Crippen molar-refractivity contribution in [2.75, 3.05) is 19.4 Å². The molecule has 4 rings (SSSR count). The Balaban J connectivity index is 1.59. The van der Waals surface area contributed by atoms with E-state index in [0.717, 1.165) is 26.4 Å². The van der Waals surface area contributed by atoms with Gasteiger partial charge in [0.15, 0.2) is 0 Å². The predicted molar refractivity (Wildman–Crippen MR) is 117 cm³/mol. The molecule has 0 fully saturated rings. The Labute approximate surface area is 172 Å². The van der Waals surface area contributed by atoms with Crippen molar-refractivity contribution in [3.8, 4) is 10.6 Å². The summed E-state index contributed by atoms with van der Waals surface area (Å²) in [6.07, 6.45) is 0. The number of para-hydroxylation sites is 1. The normalized spacial score (nSPS) is 12.3. The van der Waals surface area contributed by atoms with E-state index in [0.29, 0.717) is 5.69 Å². The maximum absolute atomic E-state index is 13.3. The first kappa shape index (κ1) is 19.2. The van der Waals surface area contributed by atoms with Gasteiger partial charge in [-0.3, -0.25) is 9.69 Å². The van der Waals surface area contributed by atoms with Crippen molar-refractivity contribution in [2.24, 2.45) is 0 Å².